The fourth-order valence-electron chi connectivity index (χ4n) is 3.23. The molecule has 1 aliphatic carbocycles. The van der Waals surface area contributed by atoms with Crippen LogP contribution in [-0.2, 0) is 13.0 Å². The highest BCUT2D eigenvalue weighted by Gasteiger charge is 2.27. The van der Waals surface area contributed by atoms with Crippen LogP contribution in [0.5, 0.6) is 0 Å². The first kappa shape index (κ1) is 20.5. The Balaban J connectivity index is 0.00000225. The molecule has 1 heterocycles. The van der Waals surface area contributed by atoms with E-state index in [0.717, 1.165) is 47.0 Å². The number of hydrogen-bond acceptors (Lipinski definition) is 2. The molecule has 8 heteroatoms. The molecule has 5 nitrogen and oxygen atoms in total. The van der Waals surface area contributed by atoms with Gasteiger partial charge in [0.15, 0.2) is 5.96 Å². The second kappa shape index (κ2) is 8.42. The Hall–Kier alpha value is -2.23. The minimum Gasteiger partial charge on any atom is -0.370 e. The number of imidazole rings is 1. The maximum atomic E-state index is 13.7. The highest BCUT2D eigenvalue weighted by atomic mass is 127. The minimum absolute atomic E-state index is 0. The Morgan fingerprint density at radius 3 is 2.75 bits per heavy atom. The number of aryl methyl sites for hydroxylation is 1. The summed E-state index contributed by atoms with van der Waals surface area (Å²) in [6.45, 7) is 2.44. The molecule has 3 aromatic rings. The van der Waals surface area contributed by atoms with Crippen LogP contribution < -0.4 is 11.1 Å². The zero-order valence-corrected chi connectivity index (χ0v) is 17.8. The number of hydrogen-bond donors (Lipinski definition) is 2. The van der Waals surface area contributed by atoms with Crippen molar-refractivity contribution in [2.24, 2.45) is 10.7 Å². The van der Waals surface area contributed by atoms with Gasteiger partial charge in [-0.25, -0.2) is 18.8 Å². The van der Waals surface area contributed by atoms with Gasteiger partial charge in [-0.15, -0.1) is 24.0 Å². The predicted octanol–water partition coefficient (Wildman–Crippen LogP) is 4.76. The molecule has 0 atom stereocenters. The Kier molecular flexibility index (Phi) is 6.17. The van der Waals surface area contributed by atoms with Crippen molar-refractivity contribution in [3.8, 4) is 0 Å². The molecule has 1 saturated carbocycles. The summed E-state index contributed by atoms with van der Waals surface area (Å²) in [5.41, 5.74) is 8.83. The molecule has 1 fully saturated rings. The molecule has 1 aliphatic rings. The van der Waals surface area contributed by atoms with Gasteiger partial charge in [-0.05, 0) is 42.7 Å². The van der Waals surface area contributed by atoms with Crippen molar-refractivity contribution in [3.05, 3.63) is 59.4 Å². The standard InChI is InChI=1S/C20H21F2N5.HI/c1-2-19-25-17-9-12(3-8-18(17)27(19)14-5-6-14)11-24-20(23)26-16-10-13(21)4-7-15(16)22;/h3-4,7-10,14H,2,5-6,11H2,1H3,(H3,23,24,26);1H. The van der Waals surface area contributed by atoms with Crippen molar-refractivity contribution >= 4 is 46.7 Å². The Morgan fingerprint density at radius 2 is 2.04 bits per heavy atom. The number of nitrogens with two attached hydrogens (primary N) is 1. The van der Waals surface area contributed by atoms with Gasteiger partial charge in [0.2, 0.25) is 0 Å². The maximum Gasteiger partial charge on any atom is 0.193 e. The van der Waals surface area contributed by atoms with Gasteiger partial charge < -0.3 is 15.6 Å². The van der Waals surface area contributed by atoms with Crippen LogP contribution >= 0.6 is 24.0 Å². The molecular formula is C20H22F2IN5. The van der Waals surface area contributed by atoms with E-state index >= 15 is 0 Å². The largest absolute Gasteiger partial charge is 0.370 e. The van der Waals surface area contributed by atoms with E-state index in [9.17, 15) is 8.78 Å². The second-order valence-electron chi connectivity index (χ2n) is 6.76. The normalized spacial score (nSPS) is 14.2. The number of nitrogens with one attached hydrogen (secondary N) is 1. The molecule has 0 spiro atoms. The first-order valence-electron chi connectivity index (χ1n) is 9.07. The fraction of sp³-hybridized carbons (Fsp3) is 0.300. The van der Waals surface area contributed by atoms with Crippen LogP contribution in [0, 0.1) is 11.6 Å². The monoisotopic (exact) mass is 497 g/mol. The van der Waals surface area contributed by atoms with Crippen LogP contribution in [0.2, 0.25) is 0 Å². The smallest absolute Gasteiger partial charge is 0.193 e. The van der Waals surface area contributed by atoms with E-state index < -0.39 is 11.6 Å². The third-order valence-electron chi connectivity index (χ3n) is 4.68. The first-order chi connectivity index (χ1) is 13.0. The van der Waals surface area contributed by atoms with Gasteiger partial charge in [0, 0.05) is 18.5 Å². The van der Waals surface area contributed by atoms with Gasteiger partial charge in [-0.2, -0.15) is 0 Å². The quantitative estimate of drug-likeness (QED) is 0.304. The van der Waals surface area contributed by atoms with Crippen LogP contribution in [0.3, 0.4) is 0 Å². The fourth-order valence-corrected chi connectivity index (χ4v) is 3.23. The second-order valence-corrected chi connectivity index (χ2v) is 6.76. The van der Waals surface area contributed by atoms with Gasteiger partial charge in [-0.1, -0.05) is 13.0 Å². The van der Waals surface area contributed by atoms with E-state index in [1.54, 1.807) is 0 Å². The summed E-state index contributed by atoms with van der Waals surface area (Å²) in [5, 5.41) is 2.60. The van der Waals surface area contributed by atoms with Crippen LogP contribution in [0.25, 0.3) is 11.0 Å². The number of aliphatic imine (C=N–C) groups is 1. The average Bonchev–Trinajstić information content (AvgIpc) is 3.42. The first-order valence-corrected chi connectivity index (χ1v) is 9.07. The van der Waals surface area contributed by atoms with Crippen LogP contribution in [0.4, 0.5) is 14.5 Å². The lowest BCUT2D eigenvalue weighted by Gasteiger charge is -2.07. The summed E-state index contributed by atoms with van der Waals surface area (Å²) in [6.07, 6.45) is 3.32. The van der Waals surface area contributed by atoms with Gasteiger partial charge in [0.25, 0.3) is 0 Å². The SMILES string of the molecule is CCc1nc2cc(CN=C(N)Nc3cc(F)ccc3F)ccc2n1C1CC1.I. The summed E-state index contributed by atoms with van der Waals surface area (Å²) in [7, 11) is 0. The lowest BCUT2D eigenvalue weighted by molar-refractivity contribution is 0.604. The molecule has 148 valence electrons. The summed E-state index contributed by atoms with van der Waals surface area (Å²) in [6, 6.07) is 9.79. The number of fused-ring (bicyclic) bond motifs is 1. The van der Waals surface area contributed by atoms with Gasteiger partial charge in [-0.3, -0.25) is 0 Å². The Labute approximate surface area is 179 Å². The molecule has 0 unspecified atom stereocenters. The summed E-state index contributed by atoms with van der Waals surface area (Å²) in [5.74, 6) is -0.00271. The van der Waals surface area contributed by atoms with Crippen molar-refractivity contribution in [1.29, 1.82) is 0 Å². The molecule has 0 saturated heterocycles. The average molecular weight is 497 g/mol. The molecule has 3 N–H and O–H groups in total. The summed E-state index contributed by atoms with van der Waals surface area (Å²) >= 11 is 0. The van der Waals surface area contributed by atoms with Gasteiger partial charge >= 0.3 is 0 Å². The predicted molar refractivity (Wildman–Crippen MR) is 118 cm³/mol. The van der Waals surface area contributed by atoms with E-state index in [1.807, 2.05) is 12.1 Å². The number of anilines is 1. The number of aromatic nitrogens is 2. The molecule has 1 aromatic heterocycles. The van der Waals surface area contributed by atoms with Gasteiger partial charge in [0.05, 0.1) is 23.3 Å². The molecule has 0 radical (unpaired) electrons. The lowest BCUT2D eigenvalue weighted by atomic mass is 10.2. The minimum atomic E-state index is -0.589. The molecule has 0 amide bonds. The topological polar surface area (TPSA) is 68.2 Å². The molecule has 28 heavy (non-hydrogen) atoms. The maximum absolute atomic E-state index is 13.7. The van der Waals surface area contributed by atoms with Crippen molar-refractivity contribution < 1.29 is 8.78 Å². The number of benzene rings is 2. The number of rotatable bonds is 5. The Bertz CT molecular complexity index is 1030. The molecule has 2 aromatic carbocycles. The van der Waals surface area contributed by atoms with E-state index in [0.29, 0.717) is 12.6 Å². The van der Waals surface area contributed by atoms with E-state index in [4.69, 9.17) is 10.7 Å². The van der Waals surface area contributed by atoms with Crippen molar-refractivity contribution in [2.45, 2.75) is 38.8 Å². The third kappa shape index (κ3) is 4.26. The third-order valence-corrected chi connectivity index (χ3v) is 4.68. The zero-order valence-electron chi connectivity index (χ0n) is 15.5. The summed E-state index contributed by atoms with van der Waals surface area (Å²) in [4.78, 5) is 8.97. The van der Waals surface area contributed by atoms with Crippen molar-refractivity contribution in [1.82, 2.24) is 9.55 Å². The van der Waals surface area contributed by atoms with Crippen LogP contribution in [0.1, 0.15) is 37.2 Å². The van der Waals surface area contributed by atoms with Crippen LogP contribution in [-0.4, -0.2) is 15.5 Å². The molecular weight excluding hydrogens is 475 g/mol. The highest BCUT2D eigenvalue weighted by molar-refractivity contribution is 14.0. The highest BCUT2D eigenvalue weighted by Crippen LogP contribution is 2.38. The molecule has 4 rings (SSSR count). The zero-order chi connectivity index (χ0) is 19.0. The molecule has 0 bridgehead atoms. The summed E-state index contributed by atoms with van der Waals surface area (Å²) < 4.78 is 29.2. The van der Waals surface area contributed by atoms with E-state index in [2.05, 4.69) is 27.9 Å². The van der Waals surface area contributed by atoms with E-state index in [1.165, 1.54) is 12.8 Å². The number of halogens is 3. The van der Waals surface area contributed by atoms with Gasteiger partial charge in [0.1, 0.15) is 17.5 Å². The number of guanidine groups is 1. The lowest BCUT2D eigenvalue weighted by Crippen LogP contribution is -2.23. The van der Waals surface area contributed by atoms with Crippen molar-refractivity contribution in [3.63, 3.8) is 0 Å². The Morgan fingerprint density at radius 1 is 1.25 bits per heavy atom. The van der Waals surface area contributed by atoms with Crippen molar-refractivity contribution in [2.75, 3.05) is 5.32 Å². The van der Waals surface area contributed by atoms with Crippen LogP contribution in [0.15, 0.2) is 41.4 Å². The van der Waals surface area contributed by atoms with E-state index in [-0.39, 0.29) is 35.6 Å². The number of nitrogens with zero attached hydrogens (tertiary/aromatic N) is 3. The molecule has 0 aliphatic heterocycles.